The summed E-state index contributed by atoms with van der Waals surface area (Å²) >= 11 is 0. The molecule has 0 spiro atoms. The Morgan fingerprint density at radius 2 is 1.24 bits per heavy atom. The molecule has 2 aliphatic rings. The van der Waals surface area contributed by atoms with Crippen molar-refractivity contribution in [1.29, 1.82) is 0 Å². The average molecular weight is 494 g/mol. The van der Waals surface area contributed by atoms with E-state index in [1.807, 2.05) is 0 Å². The van der Waals surface area contributed by atoms with Crippen LogP contribution in [0.4, 0.5) is 0 Å². The second-order valence-electron chi connectivity index (χ2n) is 7.76. The molecule has 0 amide bonds. The number of aliphatic hydroxyl groups is 8. The third-order valence-electron chi connectivity index (χ3n) is 5.46. The highest BCUT2D eigenvalue weighted by molar-refractivity contribution is 5.89. The van der Waals surface area contributed by atoms with Gasteiger partial charge in [0.05, 0.1) is 18.8 Å². The molecule has 0 aromatic heterocycles. The lowest BCUT2D eigenvalue weighted by molar-refractivity contribution is -0.282. The maximum absolute atomic E-state index is 11.4. The molecule has 10 N–H and O–H groups in total. The monoisotopic (exact) mass is 494 g/mol. The van der Waals surface area contributed by atoms with Crippen molar-refractivity contribution in [2.75, 3.05) is 13.2 Å². The van der Waals surface area contributed by atoms with E-state index in [-0.39, 0.29) is 0 Å². The Kier molecular flexibility index (Phi) is 8.14. The second-order valence-corrected chi connectivity index (χ2v) is 7.76. The maximum Gasteiger partial charge on any atom is 0.335 e. The number of carboxylic acids is 1. The normalized spacial score (nSPS) is 38.4. The molecule has 0 aliphatic carbocycles. The Morgan fingerprint density at radius 3 is 1.68 bits per heavy atom. The number of ether oxygens (including phenoxy) is 4. The zero-order valence-corrected chi connectivity index (χ0v) is 17.4. The molecule has 0 bridgehead atoms. The Hall–Kier alpha value is -2.31. The van der Waals surface area contributed by atoms with Crippen LogP contribution in [0.15, 0.2) is 12.1 Å². The highest BCUT2D eigenvalue weighted by Crippen LogP contribution is 2.41. The van der Waals surface area contributed by atoms with E-state index in [0.29, 0.717) is 0 Å². The van der Waals surface area contributed by atoms with Crippen LogP contribution >= 0.6 is 0 Å². The Balaban J connectivity index is 1.95. The van der Waals surface area contributed by atoms with Gasteiger partial charge in [-0.25, -0.2) is 4.79 Å². The van der Waals surface area contributed by atoms with Crippen molar-refractivity contribution < 1.29 is 74.8 Å². The average Bonchev–Trinajstić information content (AvgIpc) is 2.81. The van der Waals surface area contributed by atoms with E-state index in [9.17, 15) is 55.9 Å². The number of aliphatic hydroxyl groups excluding tert-OH is 8. The number of carboxylic acid groups (broad SMARTS) is 1. The molecule has 0 unspecified atom stereocenters. The second kappa shape index (κ2) is 10.5. The van der Waals surface area contributed by atoms with Gasteiger partial charge in [-0.05, 0) is 12.1 Å². The van der Waals surface area contributed by atoms with Gasteiger partial charge in [0.2, 0.25) is 18.3 Å². The van der Waals surface area contributed by atoms with Crippen molar-refractivity contribution in [2.24, 2.45) is 0 Å². The van der Waals surface area contributed by atoms with Crippen molar-refractivity contribution in [2.45, 2.75) is 61.4 Å². The van der Waals surface area contributed by atoms with Crippen LogP contribution < -0.4 is 9.47 Å². The van der Waals surface area contributed by atoms with Crippen LogP contribution in [-0.4, -0.2) is 132 Å². The number of hydrogen-bond donors (Lipinski definition) is 10. The van der Waals surface area contributed by atoms with Gasteiger partial charge in [0.1, 0.15) is 48.8 Å². The number of rotatable bonds is 7. The lowest BCUT2D eigenvalue weighted by Gasteiger charge is -2.41. The summed E-state index contributed by atoms with van der Waals surface area (Å²) in [5.74, 6) is -3.62. The summed E-state index contributed by atoms with van der Waals surface area (Å²) in [6, 6.07) is 1.59. The lowest BCUT2D eigenvalue weighted by atomic mass is 9.99. The maximum atomic E-state index is 11.4. The minimum Gasteiger partial charge on any atom is -0.504 e. The van der Waals surface area contributed by atoms with Gasteiger partial charge >= 0.3 is 5.97 Å². The van der Waals surface area contributed by atoms with Gasteiger partial charge in [-0.3, -0.25) is 0 Å². The first kappa shape index (κ1) is 26.3. The van der Waals surface area contributed by atoms with Crippen molar-refractivity contribution in [1.82, 2.24) is 0 Å². The largest absolute Gasteiger partial charge is 0.504 e. The number of phenols is 1. The van der Waals surface area contributed by atoms with Crippen LogP contribution in [-0.2, 0) is 9.47 Å². The van der Waals surface area contributed by atoms with Crippen molar-refractivity contribution in [3.05, 3.63) is 17.7 Å². The summed E-state index contributed by atoms with van der Waals surface area (Å²) in [6.07, 6.45) is -17.2. The molecule has 192 valence electrons. The lowest BCUT2D eigenvalue weighted by Crippen LogP contribution is -2.60. The molecule has 0 saturated carbocycles. The van der Waals surface area contributed by atoms with Crippen LogP contribution in [0.3, 0.4) is 0 Å². The fourth-order valence-electron chi connectivity index (χ4n) is 3.49. The predicted octanol–water partition coefficient (Wildman–Crippen LogP) is -4.55. The van der Waals surface area contributed by atoms with Crippen molar-refractivity contribution in [3.8, 4) is 17.2 Å². The third-order valence-corrected chi connectivity index (χ3v) is 5.46. The van der Waals surface area contributed by atoms with Gasteiger partial charge in [-0.15, -0.1) is 0 Å². The van der Waals surface area contributed by atoms with E-state index >= 15 is 0 Å². The Labute approximate surface area is 191 Å². The van der Waals surface area contributed by atoms with Crippen LogP contribution in [0.25, 0.3) is 0 Å². The molecule has 15 heteroatoms. The summed E-state index contributed by atoms with van der Waals surface area (Å²) in [7, 11) is 0. The summed E-state index contributed by atoms with van der Waals surface area (Å²) in [4.78, 5) is 11.4. The minimum atomic E-state index is -1.89. The highest BCUT2D eigenvalue weighted by Gasteiger charge is 2.47. The number of hydrogen-bond acceptors (Lipinski definition) is 14. The number of aromatic hydroxyl groups is 1. The SMILES string of the molecule is O=C(O)c1cc(O)c(O[C@H]2O[C@H](CO)[C@@H](O)[C@H](O)[C@H]2O)c(O[C@H]2O[C@H](CO)[C@@H](O)[C@H](O)[C@H]2O)c1. The van der Waals surface area contributed by atoms with Crippen LogP contribution in [0.1, 0.15) is 10.4 Å². The van der Waals surface area contributed by atoms with E-state index in [1.54, 1.807) is 0 Å². The molecule has 34 heavy (non-hydrogen) atoms. The molecular weight excluding hydrogens is 468 g/mol. The molecule has 2 aliphatic heterocycles. The number of phenolic OH excluding ortho intramolecular Hbond substituents is 1. The summed E-state index contributed by atoms with van der Waals surface area (Å²) < 4.78 is 21.2. The van der Waals surface area contributed by atoms with E-state index < -0.39 is 103 Å². The molecule has 15 nitrogen and oxygen atoms in total. The topological polar surface area (TPSA) is 256 Å². The first-order valence-corrected chi connectivity index (χ1v) is 10.0. The Bertz CT molecular complexity index is 860. The van der Waals surface area contributed by atoms with E-state index in [1.165, 1.54) is 0 Å². The van der Waals surface area contributed by atoms with Gasteiger partial charge in [-0.1, -0.05) is 0 Å². The van der Waals surface area contributed by atoms with Gasteiger partial charge < -0.3 is 70.0 Å². The van der Waals surface area contributed by atoms with Gasteiger partial charge in [0.25, 0.3) is 0 Å². The van der Waals surface area contributed by atoms with E-state index in [0.717, 1.165) is 12.1 Å². The molecule has 0 radical (unpaired) electrons. The van der Waals surface area contributed by atoms with Crippen molar-refractivity contribution in [3.63, 3.8) is 0 Å². The quantitative estimate of drug-likeness (QED) is 0.171. The van der Waals surface area contributed by atoms with Crippen molar-refractivity contribution >= 4 is 5.97 Å². The molecule has 1 aromatic rings. The van der Waals surface area contributed by atoms with Crippen LogP contribution in [0.5, 0.6) is 17.2 Å². The van der Waals surface area contributed by atoms with E-state index in [4.69, 9.17) is 18.9 Å². The number of benzene rings is 1. The number of aromatic carboxylic acids is 1. The standard InChI is InChI=1S/C19H26O15/c20-3-8-10(23)12(25)14(27)18(32-8)31-7-2-5(17(29)30)1-6(22)16(7)34-19-15(28)13(26)11(24)9(4-21)33-19/h1-2,8-15,18-28H,3-4H2,(H,29,30)/t8-,9-,10-,11-,12+,13+,14-,15-,18+,19-/m1/s1. The molecular formula is C19H26O15. The fourth-order valence-corrected chi connectivity index (χ4v) is 3.49. The molecule has 3 rings (SSSR count). The Morgan fingerprint density at radius 1 is 0.765 bits per heavy atom. The zero-order valence-electron chi connectivity index (χ0n) is 17.4. The van der Waals surface area contributed by atoms with Gasteiger partial charge in [0, 0.05) is 0 Å². The molecule has 10 atom stereocenters. The molecule has 2 heterocycles. The van der Waals surface area contributed by atoms with Crippen LogP contribution in [0.2, 0.25) is 0 Å². The van der Waals surface area contributed by atoms with E-state index in [2.05, 4.69) is 0 Å². The fraction of sp³-hybridized carbons (Fsp3) is 0.632. The third kappa shape index (κ3) is 5.03. The summed E-state index contributed by atoms with van der Waals surface area (Å²) in [6.45, 7) is -1.55. The van der Waals surface area contributed by atoms with Crippen LogP contribution in [0, 0.1) is 0 Å². The van der Waals surface area contributed by atoms with Gasteiger partial charge in [-0.2, -0.15) is 0 Å². The summed E-state index contributed by atoms with van der Waals surface area (Å²) in [5.41, 5.74) is -0.516. The summed E-state index contributed by atoms with van der Waals surface area (Å²) in [5, 5.41) is 98.3. The molecule has 2 saturated heterocycles. The highest BCUT2D eigenvalue weighted by atomic mass is 16.7. The predicted molar refractivity (Wildman–Crippen MR) is 104 cm³/mol. The molecule has 2 fully saturated rings. The number of carbonyl (C=O) groups is 1. The molecule has 1 aromatic carbocycles. The first-order valence-electron chi connectivity index (χ1n) is 10.0. The van der Waals surface area contributed by atoms with Gasteiger partial charge in [0.15, 0.2) is 11.5 Å². The zero-order chi connectivity index (χ0) is 25.3. The smallest absolute Gasteiger partial charge is 0.335 e. The first-order chi connectivity index (χ1) is 16.0. The minimum absolute atomic E-state index is 0.516.